The fraction of sp³-hybridized carbons (Fsp3) is 0.857. The number of nitrogens with two attached hydrogens (primary N) is 1. The van der Waals surface area contributed by atoms with E-state index < -0.39 is 0 Å². The monoisotopic (exact) mass is 298 g/mol. The normalized spacial score (nSPS) is 26.6. The number of ether oxygens (including phenoxy) is 1. The molecular formula is C14H26N4O3. The lowest BCUT2D eigenvalue weighted by Crippen LogP contribution is -2.54. The number of oxime groups is 1. The number of carbonyl (C=O) groups excluding carboxylic acids is 1. The maximum Gasteiger partial charge on any atom is 0.225 e. The molecule has 2 fully saturated rings. The standard InChI is InChI=1S/C14H26N4O3/c1-11(14(15)16-20)17-5-7-18(8-6-17)13(19)10-12-4-2-3-9-21-12/h11-12,20H,2-10H2,1H3,(H2,15,16). The number of carbonyl (C=O) groups is 1. The second kappa shape index (κ2) is 7.61. The first kappa shape index (κ1) is 16.0. The second-order valence-electron chi connectivity index (χ2n) is 5.81. The minimum absolute atomic E-state index is 0.0976. The van der Waals surface area contributed by atoms with E-state index in [9.17, 15) is 4.79 Å². The van der Waals surface area contributed by atoms with E-state index in [0.29, 0.717) is 19.5 Å². The Bertz CT molecular complexity index is 374. The summed E-state index contributed by atoms with van der Waals surface area (Å²) in [7, 11) is 0. The molecule has 0 aromatic heterocycles. The van der Waals surface area contributed by atoms with Crippen molar-refractivity contribution in [2.75, 3.05) is 32.8 Å². The summed E-state index contributed by atoms with van der Waals surface area (Å²) in [5, 5.41) is 11.8. The van der Waals surface area contributed by atoms with Gasteiger partial charge in [0.2, 0.25) is 5.91 Å². The van der Waals surface area contributed by atoms with Gasteiger partial charge >= 0.3 is 0 Å². The summed E-state index contributed by atoms with van der Waals surface area (Å²) >= 11 is 0. The molecule has 2 aliphatic rings. The van der Waals surface area contributed by atoms with Crippen LogP contribution in [0.3, 0.4) is 0 Å². The maximum absolute atomic E-state index is 12.3. The highest BCUT2D eigenvalue weighted by Gasteiger charge is 2.27. The van der Waals surface area contributed by atoms with Gasteiger partial charge in [0.25, 0.3) is 0 Å². The molecule has 0 spiro atoms. The summed E-state index contributed by atoms with van der Waals surface area (Å²) in [5.41, 5.74) is 5.63. The van der Waals surface area contributed by atoms with Gasteiger partial charge in [-0.15, -0.1) is 0 Å². The minimum Gasteiger partial charge on any atom is -0.409 e. The van der Waals surface area contributed by atoms with Gasteiger partial charge in [-0.05, 0) is 26.2 Å². The van der Waals surface area contributed by atoms with Crippen molar-refractivity contribution in [3.63, 3.8) is 0 Å². The van der Waals surface area contributed by atoms with Crippen molar-refractivity contribution >= 4 is 11.7 Å². The Hall–Kier alpha value is -1.34. The molecule has 21 heavy (non-hydrogen) atoms. The smallest absolute Gasteiger partial charge is 0.225 e. The maximum atomic E-state index is 12.3. The minimum atomic E-state index is -0.103. The summed E-state index contributed by atoms with van der Waals surface area (Å²) in [6.45, 7) is 5.55. The van der Waals surface area contributed by atoms with Crippen molar-refractivity contribution in [2.45, 2.75) is 44.8 Å². The Morgan fingerprint density at radius 2 is 2.10 bits per heavy atom. The van der Waals surface area contributed by atoms with E-state index >= 15 is 0 Å². The molecule has 7 heteroatoms. The van der Waals surface area contributed by atoms with E-state index in [1.807, 2.05) is 11.8 Å². The molecule has 2 aliphatic heterocycles. The zero-order chi connectivity index (χ0) is 15.2. The Morgan fingerprint density at radius 1 is 1.38 bits per heavy atom. The molecule has 2 saturated heterocycles. The highest BCUT2D eigenvalue weighted by atomic mass is 16.5. The fourth-order valence-corrected chi connectivity index (χ4v) is 2.92. The Kier molecular flexibility index (Phi) is 5.81. The first-order valence-corrected chi connectivity index (χ1v) is 7.72. The first-order chi connectivity index (χ1) is 10.1. The van der Waals surface area contributed by atoms with Gasteiger partial charge in [-0.2, -0.15) is 0 Å². The number of piperazine rings is 1. The van der Waals surface area contributed by atoms with Gasteiger partial charge in [0, 0.05) is 32.8 Å². The van der Waals surface area contributed by atoms with Gasteiger partial charge in [0.05, 0.1) is 18.6 Å². The molecule has 2 heterocycles. The molecule has 3 N–H and O–H groups in total. The van der Waals surface area contributed by atoms with E-state index in [-0.39, 0.29) is 23.9 Å². The third-order valence-corrected chi connectivity index (χ3v) is 4.43. The molecule has 7 nitrogen and oxygen atoms in total. The largest absolute Gasteiger partial charge is 0.409 e. The lowest BCUT2D eigenvalue weighted by molar-refractivity contribution is -0.137. The van der Waals surface area contributed by atoms with Gasteiger partial charge in [0.1, 0.15) is 0 Å². The summed E-state index contributed by atoms with van der Waals surface area (Å²) in [5.74, 6) is 0.392. The van der Waals surface area contributed by atoms with Crippen LogP contribution >= 0.6 is 0 Å². The topological polar surface area (TPSA) is 91.4 Å². The quantitative estimate of drug-likeness (QED) is 0.335. The molecule has 0 aromatic rings. The van der Waals surface area contributed by atoms with Gasteiger partial charge < -0.3 is 20.6 Å². The van der Waals surface area contributed by atoms with Crippen LogP contribution in [0.2, 0.25) is 0 Å². The molecule has 2 rings (SSSR count). The van der Waals surface area contributed by atoms with Crippen molar-refractivity contribution in [3.05, 3.63) is 0 Å². The summed E-state index contributed by atoms with van der Waals surface area (Å²) in [6, 6.07) is -0.103. The molecule has 0 bridgehead atoms. The van der Waals surface area contributed by atoms with Gasteiger partial charge in [-0.25, -0.2) is 0 Å². The molecule has 120 valence electrons. The molecule has 0 aliphatic carbocycles. The van der Waals surface area contributed by atoms with Gasteiger partial charge in [0.15, 0.2) is 5.84 Å². The van der Waals surface area contributed by atoms with Crippen LogP contribution in [-0.2, 0) is 9.53 Å². The lowest BCUT2D eigenvalue weighted by Gasteiger charge is -2.38. The number of amidine groups is 1. The van der Waals surface area contributed by atoms with Crippen LogP contribution in [0.5, 0.6) is 0 Å². The van der Waals surface area contributed by atoms with Crippen molar-refractivity contribution in [1.82, 2.24) is 9.80 Å². The van der Waals surface area contributed by atoms with Crippen molar-refractivity contribution in [3.8, 4) is 0 Å². The van der Waals surface area contributed by atoms with E-state index in [2.05, 4.69) is 10.1 Å². The van der Waals surface area contributed by atoms with E-state index in [4.69, 9.17) is 15.7 Å². The van der Waals surface area contributed by atoms with E-state index in [0.717, 1.165) is 39.0 Å². The van der Waals surface area contributed by atoms with Crippen LogP contribution < -0.4 is 5.73 Å². The van der Waals surface area contributed by atoms with Gasteiger partial charge in [-0.3, -0.25) is 9.69 Å². The molecule has 0 saturated carbocycles. The number of hydrogen-bond acceptors (Lipinski definition) is 5. The summed E-state index contributed by atoms with van der Waals surface area (Å²) in [6.07, 6.45) is 3.85. The molecule has 2 unspecified atom stereocenters. The average Bonchev–Trinajstić information content (AvgIpc) is 2.54. The average molecular weight is 298 g/mol. The fourth-order valence-electron chi connectivity index (χ4n) is 2.92. The SMILES string of the molecule is CC(C(N)=NO)N1CCN(C(=O)CC2CCCCO2)CC1. The van der Waals surface area contributed by atoms with Crippen LogP contribution in [0.25, 0.3) is 0 Å². The zero-order valence-electron chi connectivity index (χ0n) is 12.7. The number of nitrogens with zero attached hydrogens (tertiary/aromatic N) is 3. The number of hydrogen-bond donors (Lipinski definition) is 2. The van der Waals surface area contributed by atoms with Crippen LogP contribution in [-0.4, -0.2) is 71.7 Å². The second-order valence-corrected chi connectivity index (χ2v) is 5.81. The molecule has 1 amide bonds. The predicted molar refractivity (Wildman–Crippen MR) is 79.2 cm³/mol. The highest BCUT2D eigenvalue weighted by Crippen LogP contribution is 2.17. The van der Waals surface area contributed by atoms with Crippen molar-refractivity contribution in [2.24, 2.45) is 10.9 Å². The number of rotatable bonds is 4. The van der Waals surface area contributed by atoms with Gasteiger partial charge in [-0.1, -0.05) is 5.16 Å². The Morgan fingerprint density at radius 3 is 2.67 bits per heavy atom. The van der Waals surface area contributed by atoms with E-state index in [1.165, 1.54) is 0 Å². The Balaban J connectivity index is 1.76. The molecule has 0 aromatic carbocycles. The van der Waals surface area contributed by atoms with Crippen molar-refractivity contribution in [1.29, 1.82) is 0 Å². The number of amides is 1. The van der Waals surface area contributed by atoms with Crippen LogP contribution in [0.15, 0.2) is 5.16 Å². The molecule has 2 atom stereocenters. The molecular weight excluding hydrogens is 272 g/mol. The van der Waals surface area contributed by atoms with E-state index in [1.54, 1.807) is 0 Å². The Labute approximate surface area is 125 Å². The van der Waals surface area contributed by atoms with Crippen LogP contribution in [0.4, 0.5) is 0 Å². The summed E-state index contributed by atoms with van der Waals surface area (Å²) in [4.78, 5) is 16.3. The van der Waals surface area contributed by atoms with Crippen LogP contribution in [0, 0.1) is 0 Å². The van der Waals surface area contributed by atoms with Crippen LogP contribution in [0.1, 0.15) is 32.6 Å². The first-order valence-electron chi connectivity index (χ1n) is 7.72. The molecule has 0 radical (unpaired) electrons. The lowest BCUT2D eigenvalue weighted by atomic mass is 10.1. The third-order valence-electron chi connectivity index (χ3n) is 4.43. The third kappa shape index (κ3) is 4.31. The summed E-state index contributed by atoms with van der Waals surface area (Å²) < 4.78 is 5.63. The van der Waals surface area contributed by atoms with Crippen molar-refractivity contribution < 1.29 is 14.7 Å². The predicted octanol–water partition coefficient (Wildman–Crippen LogP) is 0.225. The zero-order valence-corrected chi connectivity index (χ0v) is 12.7. The highest BCUT2D eigenvalue weighted by molar-refractivity contribution is 5.84.